The molecule has 2 aromatic carbocycles. The minimum Gasteiger partial charge on any atom is -0.488 e. The Hall–Kier alpha value is -3.37. The van der Waals surface area contributed by atoms with Gasteiger partial charge in [0.2, 0.25) is 0 Å². The number of Topliss-reactive ketones (excluding diaryl/α,β-unsaturated/α-hetero) is 1. The summed E-state index contributed by atoms with van der Waals surface area (Å²) in [6.07, 6.45) is 4.56. The van der Waals surface area contributed by atoms with Crippen molar-refractivity contribution in [2.24, 2.45) is 28.6 Å². The van der Waals surface area contributed by atoms with Gasteiger partial charge in [-0.1, -0.05) is 43.7 Å². The lowest BCUT2D eigenvalue weighted by molar-refractivity contribution is -0.201. The van der Waals surface area contributed by atoms with Crippen molar-refractivity contribution in [1.29, 1.82) is 0 Å². The molecule has 44 heavy (non-hydrogen) atoms. The predicted molar refractivity (Wildman–Crippen MR) is 158 cm³/mol. The summed E-state index contributed by atoms with van der Waals surface area (Å²) >= 11 is 0. The summed E-state index contributed by atoms with van der Waals surface area (Å²) < 4.78 is 34.6. The highest BCUT2D eigenvalue weighted by Crippen LogP contribution is 2.70. The maximum absolute atomic E-state index is 15.5. The van der Waals surface area contributed by atoms with Gasteiger partial charge in [0.15, 0.2) is 23.5 Å². The summed E-state index contributed by atoms with van der Waals surface area (Å²) in [5.74, 6) is -1.16. The highest BCUT2D eigenvalue weighted by molar-refractivity contribution is 6.01. The number of ketones is 2. The first kappa shape index (κ1) is 29.3. The van der Waals surface area contributed by atoms with Gasteiger partial charge in [0.05, 0.1) is 17.8 Å². The van der Waals surface area contributed by atoms with Gasteiger partial charge in [0, 0.05) is 22.4 Å². The summed E-state index contributed by atoms with van der Waals surface area (Å²) in [5.41, 5.74) is 5.40. The van der Waals surface area contributed by atoms with Crippen molar-refractivity contribution >= 4 is 17.3 Å². The summed E-state index contributed by atoms with van der Waals surface area (Å²) in [5, 5.41) is 22.1. The molecule has 0 bridgehead atoms. The molecule has 9 atom stereocenters. The molecule has 0 aromatic heterocycles. The maximum atomic E-state index is 15.5. The smallest absolute Gasteiger partial charge is 0.193 e. The summed E-state index contributed by atoms with van der Waals surface area (Å²) in [6, 6.07) is 11.7. The average Bonchev–Trinajstić information content (AvgIpc) is 3.48. The Labute approximate surface area is 255 Å². The van der Waals surface area contributed by atoms with E-state index in [0.29, 0.717) is 18.5 Å². The number of hydrogen-bond acceptors (Lipinski definition) is 8. The molecule has 232 valence electrons. The van der Waals surface area contributed by atoms with Crippen LogP contribution < -0.4 is 10.5 Å². The topological polar surface area (TPSA) is 128 Å². The Morgan fingerprint density at radius 3 is 2.77 bits per heavy atom. The molecular weight excluding hydrogens is 565 g/mol. The Morgan fingerprint density at radius 2 is 2.00 bits per heavy atom. The van der Waals surface area contributed by atoms with E-state index in [4.69, 9.17) is 19.9 Å². The van der Waals surface area contributed by atoms with Crippen molar-refractivity contribution in [2.75, 3.05) is 12.3 Å². The lowest BCUT2D eigenvalue weighted by atomic mass is 9.46. The van der Waals surface area contributed by atoms with E-state index >= 15 is 4.39 Å². The molecule has 0 unspecified atom stereocenters. The van der Waals surface area contributed by atoms with E-state index in [2.05, 4.69) is 6.92 Å². The number of carbonyl (C=O) groups is 2. The van der Waals surface area contributed by atoms with Crippen LogP contribution in [-0.4, -0.2) is 46.2 Å². The van der Waals surface area contributed by atoms with Gasteiger partial charge < -0.3 is 30.2 Å². The van der Waals surface area contributed by atoms with Crippen LogP contribution in [0.15, 0.2) is 66.3 Å². The van der Waals surface area contributed by atoms with Gasteiger partial charge in [0.1, 0.15) is 24.8 Å². The summed E-state index contributed by atoms with van der Waals surface area (Å²) in [6.45, 7) is 3.39. The van der Waals surface area contributed by atoms with E-state index in [-0.39, 0.29) is 47.9 Å². The third kappa shape index (κ3) is 4.09. The Bertz CT molecular complexity index is 1590. The average molecular weight is 604 g/mol. The lowest BCUT2D eigenvalue weighted by Crippen LogP contribution is -2.63. The fourth-order valence-corrected chi connectivity index (χ4v) is 9.53. The molecule has 1 heterocycles. The number of aliphatic hydroxyl groups is 2. The van der Waals surface area contributed by atoms with Crippen LogP contribution in [0.3, 0.4) is 0 Å². The molecule has 0 radical (unpaired) electrons. The van der Waals surface area contributed by atoms with Crippen molar-refractivity contribution in [3.63, 3.8) is 0 Å². The number of ether oxygens (including phenoxy) is 3. The van der Waals surface area contributed by atoms with E-state index < -0.39 is 53.1 Å². The molecule has 4 aliphatic carbocycles. The summed E-state index contributed by atoms with van der Waals surface area (Å²) in [7, 11) is 0. The van der Waals surface area contributed by atoms with Crippen LogP contribution in [0.25, 0.3) is 0 Å². The van der Waals surface area contributed by atoms with Crippen LogP contribution in [-0.2, 0) is 25.7 Å². The molecule has 0 spiro atoms. The van der Waals surface area contributed by atoms with E-state index in [1.807, 2.05) is 25.1 Å². The van der Waals surface area contributed by atoms with Gasteiger partial charge in [-0.05, 0) is 79.5 Å². The lowest BCUT2D eigenvalue weighted by Gasteiger charge is -2.59. The van der Waals surface area contributed by atoms with Crippen molar-refractivity contribution in [1.82, 2.24) is 0 Å². The maximum Gasteiger partial charge on any atom is 0.193 e. The highest BCUT2D eigenvalue weighted by atomic mass is 19.1. The number of carbonyl (C=O) groups excluding carboxylic acids is 2. The van der Waals surface area contributed by atoms with Crippen LogP contribution in [0, 0.1) is 34.4 Å². The first-order chi connectivity index (χ1) is 21.0. The SMILES string of the molecule is C[C@]12C=CC(=O)C=C1CC[C@@H]1[C@@H]2[C@@H](O)C[C@@]2(C)[C@H]1C[C@H]1O[C@H](c3c(F)cccc3OCc3cccc(N)c3)O[C@]12C(=O)CO. The molecule has 4 fully saturated rings. The van der Waals surface area contributed by atoms with Crippen molar-refractivity contribution in [3.05, 3.63) is 83.2 Å². The summed E-state index contributed by atoms with van der Waals surface area (Å²) in [4.78, 5) is 26.0. The fourth-order valence-electron chi connectivity index (χ4n) is 9.53. The van der Waals surface area contributed by atoms with Crippen LogP contribution in [0.1, 0.15) is 56.9 Å². The second-order valence-electron chi connectivity index (χ2n) is 13.5. The molecular formula is C35H38FNO7. The van der Waals surface area contributed by atoms with E-state index in [1.165, 1.54) is 12.1 Å². The molecule has 5 aliphatic rings. The Kier molecular flexibility index (Phi) is 6.90. The number of nitrogen functional groups attached to an aromatic ring is 1. The van der Waals surface area contributed by atoms with Gasteiger partial charge in [-0.15, -0.1) is 0 Å². The first-order valence-corrected chi connectivity index (χ1v) is 15.4. The van der Waals surface area contributed by atoms with Crippen LogP contribution >= 0.6 is 0 Å². The van der Waals surface area contributed by atoms with Gasteiger partial charge in [-0.3, -0.25) is 9.59 Å². The normalized spacial score (nSPS) is 38.8. The number of anilines is 1. The Morgan fingerprint density at radius 1 is 1.20 bits per heavy atom. The van der Waals surface area contributed by atoms with E-state index in [9.17, 15) is 19.8 Å². The van der Waals surface area contributed by atoms with Crippen LogP contribution in [0.5, 0.6) is 5.75 Å². The first-order valence-electron chi connectivity index (χ1n) is 15.4. The molecule has 8 nitrogen and oxygen atoms in total. The van der Waals surface area contributed by atoms with Crippen molar-refractivity contribution in [3.8, 4) is 5.75 Å². The molecule has 2 aromatic rings. The minimum absolute atomic E-state index is 0.0223. The zero-order chi connectivity index (χ0) is 31.0. The van der Waals surface area contributed by atoms with Gasteiger partial charge in [-0.25, -0.2) is 4.39 Å². The molecule has 4 N–H and O–H groups in total. The third-order valence-corrected chi connectivity index (χ3v) is 11.4. The molecule has 1 saturated heterocycles. The number of benzene rings is 2. The van der Waals surface area contributed by atoms with Crippen molar-refractivity contribution < 1.29 is 38.4 Å². The third-order valence-electron chi connectivity index (χ3n) is 11.4. The number of rotatable bonds is 6. The fraction of sp³-hybridized carbons (Fsp3) is 0.486. The largest absolute Gasteiger partial charge is 0.488 e. The monoisotopic (exact) mass is 603 g/mol. The number of nitrogens with two attached hydrogens (primary N) is 1. The van der Waals surface area contributed by atoms with E-state index in [1.54, 1.807) is 30.4 Å². The molecule has 1 aliphatic heterocycles. The standard InChI is InChI=1S/C35H38FNO7/c1-33-12-11-22(39)14-20(33)9-10-23-24-15-29-35(28(41)17-38,34(24,2)16-26(40)31(23)33)44-32(43-29)30-25(36)7-4-8-27(30)42-18-19-5-3-6-21(37)13-19/h3-8,11-14,23-24,26,29,31-32,38,40H,9-10,15-18,37H2,1-2H3/t23-,24-,26-,29+,31+,32-,33-,34-,35+/m0/s1. The number of hydrogen-bond donors (Lipinski definition) is 3. The second-order valence-corrected chi connectivity index (χ2v) is 13.5. The number of halogens is 1. The zero-order valence-corrected chi connectivity index (χ0v) is 24.9. The van der Waals surface area contributed by atoms with Crippen molar-refractivity contribution in [2.45, 2.75) is 70.2 Å². The Balaban J connectivity index is 1.23. The zero-order valence-electron chi connectivity index (χ0n) is 24.9. The molecule has 9 heteroatoms. The molecule has 0 amide bonds. The van der Waals surface area contributed by atoms with Gasteiger partial charge >= 0.3 is 0 Å². The van der Waals surface area contributed by atoms with Gasteiger partial charge in [-0.2, -0.15) is 0 Å². The number of aliphatic hydroxyl groups excluding tert-OH is 2. The number of allylic oxidation sites excluding steroid dienone is 4. The molecule has 3 saturated carbocycles. The molecule has 7 rings (SSSR count). The van der Waals surface area contributed by atoms with Crippen LogP contribution in [0.4, 0.5) is 10.1 Å². The van der Waals surface area contributed by atoms with E-state index in [0.717, 1.165) is 17.6 Å². The highest BCUT2D eigenvalue weighted by Gasteiger charge is 2.76. The quantitative estimate of drug-likeness (QED) is 0.409. The van der Waals surface area contributed by atoms with Crippen LogP contribution in [0.2, 0.25) is 0 Å². The predicted octanol–water partition coefficient (Wildman–Crippen LogP) is 4.59. The van der Waals surface area contributed by atoms with Gasteiger partial charge in [0.25, 0.3) is 0 Å². The minimum atomic E-state index is -1.59. The second kappa shape index (κ2) is 10.3. The number of fused-ring (bicyclic) bond motifs is 7.